The Kier molecular flexibility index (Phi) is 8.88. The second kappa shape index (κ2) is 11.6. The third kappa shape index (κ3) is 6.34. The lowest BCUT2D eigenvalue weighted by atomic mass is 10.1. The summed E-state index contributed by atoms with van der Waals surface area (Å²) in [5.41, 5.74) is 2.12. The van der Waals surface area contributed by atoms with Crippen LogP contribution in [0.15, 0.2) is 47.4 Å². The molecule has 0 aliphatic carbocycles. The van der Waals surface area contributed by atoms with Gasteiger partial charge in [0.25, 0.3) is 5.91 Å². The Morgan fingerprint density at radius 2 is 1.67 bits per heavy atom. The van der Waals surface area contributed by atoms with E-state index >= 15 is 0 Å². The molecule has 0 bridgehead atoms. The van der Waals surface area contributed by atoms with Gasteiger partial charge in [-0.15, -0.1) is 0 Å². The summed E-state index contributed by atoms with van der Waals surface area (Å²) >= 11 is 0. The van der Waals surface area contributed by atoms with Crippen molar-refractivity contribution < 1.29 is 17.9 Å². The smallest absolute Gasteiger partial charge is 0.255 e. The molecular weight excluding hydrogens is 438 g/mol. The van der Waals surface area contributed by atoms with Gasteiger partial charge in [0.15, 0.2) is 0 Å². The molecule has 33 heavy (non-hydrogen) atoms. The van der Waals surface area contributed by atoms with E-state index in [4.69, 9.17) is 4.74 Å². The van der Waals surface area contributed by atoms with Crippen LogP contribution in [-0.2, 0) is 16.6 Å². The molecule has 1 saturated heterocycles. The van der Waals surface area contributed by atoms with Crippen LogP contribution in [0.5, 0.6) is 5.75 Å². The van der Waals surface area contributed by atoms with Crippen LogP contribution in [0, 0.1) is 0 Å². The summed E-state index contributed by atoms with van der Waals surface area (Å²) < 4.78 is 33.2. The van der Waals surface area contributed by atoms with Gasteiger partial charge in [0, 0.05) is 30.9 Å². The van der Waals surface area contributed by atoms with Crippen LogP contribution in [0.2, 0.25) is 0 Å². The molecule has 1 heterocycles. The van der Waals surface area contributed by atoms with E-state index in [-0.39, 0.29) is 16.6 Å². The van der Waals surface area contributed by atoms with Crippen LogP contribution in [0.3, 0.4) is 0 Å². The zero-order valence-corrected chi connectivity index (χ0v) is 20.7. The van der Waals surface area contributed by atoms with Crippen molar-refractivity contribution in [1.29, 1.82) is 0 Å². The Bertz CT molecular complexity index is 1030. The third-order valence-corrected chi connectivity index (χ3v) is 7.97. The van der Waals surface area contributed by atoms with Gasteiger partial charge in [-0.1, -0.05) is 32.4 Å². The summed E-state index contributed by atoms with van der Waals surface area (Å²) in [4.78, 5) is 15.3. The van der Waals surface area contributed by atoms with Crippen LogP contribution in [0.4, 0.5) is 5.69 Å². The molecule has 0 unspecified atom stereocenters. The number of carbonyl (C=O) groups excluding carboxylic acids is 1. The Morgan fingerprint density at radius 3 is 2.27 bits per heavy atom. The number of anilines is 1. The number of sulfonamides is 1. The maximum absolute atomic E-state index is 13.1. The van der Waals surface area contributed by atoms with Crippen molar-refractivity contribution in [2.24, 2.45) is 0 Å². The van der Waals surface area contributed by atoms with Crippen LogP contribution in [-0.4, -0.2) is 56.3 Å². The molecule has 2 aromatic rings. The van der Waals surface area contributed by atoms with E-state index in [0.717, 1.165) is 19.6 Å². The molecule has 1 amide bonds. The Hall–Kier alpha value is -2.42. The highest BCUT2D eigenvalue weighted by molar-refractivity contribution is 7.89. The van der Waals surface area contributed by atoms with Crippen LogP contribution < -0.4 is 10.1 Å². The second-order valence-corrected chi connectivity index (χ2v) is 10.1. The maximum atomic E-state index is 13.1. The summed E-state index contributed by atoms with van der Waals surface area (Å²) in [6, 6.07) is 12.3. The summed E-state index contributed by atoms with van der Waals surface area (Å²) in [5.74, 6) is -0.000617. The number of ether oxygens (including phenoxy) is 1. The first-order chi connectivity index (χ1) is 15.9. The number of likely N-dealkylation sites (tertiary alicyclic amines) is 1. The van der Waals surface area contributed by atoms with E-state index < -0.39 is 10.0 Å². The first kappa shape index (κ1) is 25.2. The molecule has 0 aromatic heterocycles. The number of hydrogen-bond donors (Lipinski definition) is 1. The van der Waals surface area contributed by atoms with E-state index in [1.165, 1.54) is 35.2 Å². The average molecular weight is 474 g/mol. The van der Waals surface area contributed by atoms with Crippen molar-refractivity contribution in [3.63, 3.8) is 0 Å². The molecule has 0 spiro atoms. The zero-order chi connectivity index (χ0) is 23.8. The molecule has 2 aromatic carbocycles. The molecule has 180 valence electrons. The van der Waals surface area contributed by atoms with Gasteiger partial charge in [0.2, 0.25) is 10.0 Å². The zero-order valence-electron chi connectivity index (χ0n) is 19.8. The van der Waals surface area contributed by atoms with Gasteiger partial charge >= 0.3 is 0 Å². The number of amides is 1. The normalized spacial score (nSPS) is 14.9. The first-order valence-electron chi connectivity index (χ1n) is 11.8. The molecular formula is C25H35N3O4S. The lowest BCUT2D eigenvalue weighted by molar-refractivity contribution is 0.102. The third-order valence-electron chi connectivity index (χ3n) is 5.90. The van der Waals surface area contributed by atoms with Crippen molar-refractivity contribution in [3.8, 4) is 5.75 Å². The monoisotopic (exact) mass is 473 g/mol. The van der Waals surface area contributed by atoms with Crippen molar-refractivity contribution in [1.82, 2.24) is 9.21 Å². The number of benzene rings is 2. The molecule has 1 aliphatic rings. The summed E-state index contributed by atoms with van der Waals surface area (Å²) in [7, 11) is -3.74. The predicted molar refractivity (Wildman–Crippen MR) is 131 cm³/mol. The fourth-order valence-corrected chi connectivity index (χ4v) is 5.72. The van der Waals surface area contributed by atoms with E-state index in [0.29, 0.717) is 30.9 Å². The van der Waals surface area contributed by atoms with Gasteiger partial charge in [-0.3, -0.25) is 9.69 Å². The van der Waals surface area contributed by atoms with Gasteiger partial charge in [-0.05, 0) is 68.8 Å². The number of nitrogens with zero attached hydrogens (tertiary/aromatic N) is 2. The van der Waals surface area contributed by atoms with Crippen molar-refractivity contribution in [2.75, 3.05) is 38.1 Å². The molecule has 3 rings (SSSR count). The fourth-order valence-electron chi connectivity index (χ4n) is 4.11. The fraction of sp³-hybridized carbons (Fsp3) is 0.480. The van der Waals surface area contributed by atoms with E-state index in [1.54, 1.807) is 32.9 Å². The van der Waals surface area contributed by atoms with Gasteiger partial charge in [-0.25, -0.2) is 8.42 Å². The molecule has 8 heteroatoms. The predicted octanol–water partition coefficient (Wildman–Crippen LogP) is 4.35. The van der Waals surface area contributed by atoms with Crippen LogP contribution >= 0.6 is 0 Å². The SMILES string of the molecule is CCOc1ccc(NC(=O)c2ccc(CN3CCCCC3)cc2)cc1S(=O)(=O)N(CC)CC. The quantitative estimate of drug-likeness (QED) is 0.555. The Balaban J connectivity index is 1.76. The largest absolute Gasteiger partial charge is 0.492 e. The highest BCUT2D eigenvalue weighted by Crippen LogP contribution is 2.30. The molecule has 7 nitrogen and oxygen atoms in total. The second-order valence-electron chi connectivity index (χ2n) is 8.17. The maximum Gasteiger partial charge on any atom is 0.255 e. The van der Waals surface area contributed by atoms with E-state index in [9.17, 15) is 13.2 Å². The van der Waals surface area contributed by atoms with Gasteiger partial charge in [0.05, 0.1) is 6.61 Å². The summed E-state index contributed by atoms with van der Waals surface area (Å²) in [5, 5.41) is 2.83. The van der Waals surface area contributed by atoms with Crippen molar-refractivity contribution >= 4 is 21.6 Å². The molecule has 0 radical (unpaired) electrons. The summed E-state index contributed by atoms with van der Waals surface area (Å²) in [6.07, 6.45) is 3.79. The van der Waals surface area contributed by atoms with Gasteiger partial charge in [-0.2, -0.15) is 4.31 Å². The number of nitrogens with one attached hydrogen (secondary N) is 1. The Morgan fingerprint density at radius 1 is 1.00 bits per heavy atom. The minimum Gasteiger partial charge on any atom is -0.492 e. The molecule has 1 N–H and O–H groups in total. The number of hydrogen-bond acceptors (Lipinski definition) is 5. The van der Waals surface area contributed by atoms with Crippen LogP contribution in [0.1, 0.15) is 56.0 Å². The Labute approximate surface area is 197 Å². The topological polar surface area (TPSA) is 79.0 Å². The van der Waals surface area contributed by atoms with Crippen LogP contribution in [0.25, 0.3) is 0 Å². The van der Waals surface area contributed by atoms with Gasteiger partial charge in [0.1, 0.15) is 10.6 Å². The molecule has 1 fully saturated rings. The van der Waals surface area contributed by atoms with Gasteiger partial charge < -0.3 is 10.1 Å². The minimum atomic E-state index is -3.74. The number of carbonyl (C=O) groups is 1. The molecule has 1 aliphatic heterocycles. The average Bonchev–Trinajstić information content (AvgIpc) is 2.82. The number of rotatable bonds is 10. The van der Waals surface area contributed by atoms with E-state index in [2.05, 4.69) is 10.2 Å². The highest BCUT2D eigenvalue weighted by Gasteiger charge is 2.26. The molecule has 0 saturated carbocycles. The summed E-state index contributed by atoms with van der Waals surface area (Å²) in [6.45, 7) is 9.58. The lowest BCUT2D eigenvalue weighted by Gasteiger charge is -2.26. The first-order valence-corrected chi connectivity index (χ1v) is 13.2. The minimum absolute atomic E-state index is 0.0581. The molecule has 0 atom stereocenters. The van der Waals surface area contributed by atoms with E-state index in [1.807, 2.05) is 24.3 Å². The van der Waals surface area contributed by atoms with Crippen molar-refractivity contribution in [3.05, 3.63) is 53.6 Å². The number of piperidine rings is 1. The standard InChI is InChI=1S/C25H35N3O4S/c1-4-28(5-2)33(30,31)24-18-22(14-15-23(24)32-6-3)26-25(29)21-12-10-20(11-13-21)19-27-16-8-7-9-17-27/h10-15,18H,4-9,16-17,19H2,1-3H3,(H,26,29). The lowest BCUT2D eigenvalue weighted by Crippen LogP contribution is -2.31. The van der Waals surface area contributed by atoms with Crippen molar-refractivity contribution in [2.45, 2.75) is 51.5 Å². The highest BCUT2D eigenvalue weighted by atomic mass is 32.2.